The van der Waals surface area contributed by atoms with Gasteiger partial charge in [-0.05, 0) is 61.1 Å². The molecule has 1 aromatic carbocycles. The maximum atomic E-state index is 11.5. The standard InChI is InChI=1S/C19H21IN4O2S/c1-19(2,3)24-9-13(8-23-24)11-4-14-17(27-10-22-14)15(5-11)26-18(20)12-6-16(25)21-7-12/h4-5,8-10,12,18H,6-7H2,1-3H3,(H,21,25)/t12-,18+/m0/s1. The first-order valence-electron chi connectivity index (χ1n) is 8.81. The summed E-state index contributed by atoms with van der Waals surface area (Å²) in [5.74, 6) is 1.08. The first kappa shape index (κ1) is 18.7. The molecule has 8 heteroatoms. The van der Waals surface area contributed by atoms with Gasteiger partial charge in [0.05, 0.1) is 27.5 Å². The minimum Gasteiger partial charge on any atom is -0.478 e. The highest BCUT2D eigenvalue weighted by Crippen LogP contribution is 2.37. The first-order valence-corrected chi connectivity index (χ1v) is 10.9. The zero-order valence-electron chi connectivity index (χ0n) is 15.4. The number of hydrogen-bond acceptors (Lipinski definition) is 5. The molecule has 1 aliphatic heterocycles. The van der Waals surface area contributed by atoms with Crippen molar-refractivity contribution in [2.75, 3.05) is 6.54 Å². The van der Waals surface area contributed by atoms with Crippen LogP contribution in [-0.2, 0) is 10.3 Å². The Balaban J connectivity index is 1.67. The van der Waals surface area contributed by atoms with Crippen LogP contribution in [0.3, 0.4) is 0 Å². The number of thiazole rings is 1. The molecule has 0 bridgehead atoms. The van der Waals surface area contributed by atoms with E-state index in [-0.39, 0.29) is 21.5 Å². The Labute approximate surface area is 175 Å². The van der Waals surface area contributed by atoms with Crippen molar-refractivity contribution in [3.8, 4) is 16.9 Å². The molecular weight excluding hydrogens is 475 g/mol. The number of ether oxygens (including phenoxy) is 1. The number of carbonyl (C=O) groups excluding carboxylic acids is 1. The average Bonchev–Trinajstić information content (AvgIpc) is 3.33. The van der Waals surface area contributed by atoms with Gasteiger partial charge in [-0.3, -0.25) is 9.48 Å². The lowest BCUT2D eigenvalue weighted by molar-refractivity contribution is -0.119. The highest BCUT2D eigenvalue weighted by molar-refractivity contribution is 14.1. The van der Waals surface area contributed by atoms with Gasteiger partial charge in [-0.2, -0.15) is 5.10 Å². The van der Waals surface area contributed by atoms with Crippen LogP contribution < -0.4 is 10.1 Å². The zero-order valence-corrected chi connectivity index (χ0v) is 18.4. The van der Waals surface area contributed by atoms with Crippen LogP contribution in [-0.4, -0.2) is 31.3 Å². The average molecular weight is 496 g/mol. The lowest BCUT2D eigenvalue weighted by atomic mass is 10.1. The molecule has 3 aromatic rings. The molecule has 142 valence electrons. The van der Waals surface area contributed by atoms with E-state index in [0.717, 1.165) is 27.1 Å². The molecule has 0 saturated carbocycles. The normalized spacial score (nSPS) is 18.7. The van der Waals surface area contributed by atoms with Crippen molar-refractivity contribution in [1.29, 1.82) is 0 Å². The predicted octanol–water partition coefficient (Wildman–Crippen LogP) is 4.19. The van der Waals surface area contributed by atoms with Crippen LogP contribution >= 0.6 is 33.9 Å². The van der Waals surface area contributed by atoms with Crippen molar-refractivity contribution in [3.05, 3.63) is 30.0 Å². The fourth-order valence-electron chi connectivity index (χ4n) is 3.06. The monoisotopic (exact) mass is 496 g/mol. The summed E-state index contributed by atoms with van der Waals surface area (Å²) in [6.45, 7) is 7.04. The van der Waals surface area contributed by atoms with Crippen LogP contribution in [0.5, 0.6) is 5.75 Å². The molecule has 1 N–H and O–H groups in total. The molecule has 1 aliphatic rings. The van der Waals surface area contributed by atoms with Crippen molar-refractivity contribution in [1.82, 2.24) is 20.1 Å². The van der Waals surface area contributed by atoms with Gasteiger partial charge in [0.2, 0.25) is 5.91 Å². The van der Waals surface area contributed by atoms with E-state index in [4.69, 9.17) is 4.74 Å². The zero-order chi connectivity index (χ0) is 19.2. The number of fused-ring (bicyclic) bond motifs is 1. The van der Waals surface area contributed by atoms with E-state index in [9.17, 15) is 4.79 Å². The van der Waals surface area contributed by atoms with Crippen molar-refractivity contribution < 1.29 is 9.53 Å². The quantitative estimate of drug-likeness (QED) is 0.435. The largest absolute Gasteiger partial charge is 0.478 e. The second-order valence-corrected chi connectivity index (χ2v) is 9.84. The summed E-state index contributed by atoms with van der Waals surface area (Å²) in [6.07, 6.45) is 4.44. The van der Waals surface area contributed by atoms with Crippen LogP contribution in [0, 0.1) is 5.92 Å². The summed E-state index contributed by atoms with van der Waals surface area (Å²) in [6, 6.07) is 4.13. The molecule has 0 aliphatic carbocycles. The number of alkyl halides is 1. The summed E-state index contributed by atoms with van der Waals surface area (Å²) in [5.41, 5.74) is 4.75. The van der Waals surface area contributed by atoms with Crippen molar-refractivity contribution in [2.24, 2.45) is 5.92 Å². The van der Waals surface area contributed by atoms with Gasteiger partial charge in [0.25, 0.3) is 0 Å². The topological polar surface area (TPSA) is 69.0 Å². The summed E-state index contributed by atoms with van der Waals surface area (Å²) in [5, 5.41) is 7.38. The fourth-order valence-corrected chi connectivity index (χ4v) is 4.57. The third-order valence-corrected chi connectivity index (χ3v) is 6.75. The lowest BCUT2D eigenvalue weighted by Crippen LogP contribution is -2.23. The second kappa shape index (κ2) is 7.05. The van der Waals surface area contributed by atoms with E-state index in [1.165, 1.54) is 0 Å². The highest BCUT2D eigenvalue weighted by atomic mass is 127. The number of amides is 1. The Morgan fingerprint density at radius 2 is 2.19 bits per heavy atom. The summed E-state index contributed by atoms with van der Waals surface area (Å²) < 4.78 is 9.20. The van der Waals surface area contributed by atoms with Gasteiger partial charge < -0.3 is 10.1 Å². The Bertz CT molecular complexity index is 991. The van der Waals surface area contributed by atoms with Crippen LogP contribution in [0.4, 0.5) is 0 Å². The van der Waals surface area contributed by atoms with Crippen LogP contribution in [0.15, 0.2) is 30.0 Å². The van der Waals surface area contributed by atoms with Gasteiger partial charge >= 0.3 is 0 Å². The summed E-state index contributed by atoms with van der Waals surface area (Å²) in [7, 11) is 0. The smallest absolute Gasteiger partial charge is 0.220 e. The molecule has 3 heterocycles. The van der Waals surface area contributed by atoms with Crippen LogP contribution in [0.25, 0.3) is 21.3 Å². The van der Waals surface area contributed by atoms with E-state index < -0.39 is 0 Å². The number of benzene rings is 1. The third kappa shape index (κ3) is 3.82. The maximum Gasteiger partial charge on any atom is 0.220 e. The SMILES string of the molecule is CC(C)(C)n1cc(-c2cc(O[C@@H](I)[C@@H]3CNC(=O)C3)c3scnc3c2)cn1. The molecule has 0 spiro atoms. The molecule has 6 nitrogen and oxygen atoms in total. The molecule has 4 rings (SSSR count). The van der Waals surface area contributed by atoms with Crippen LogP contribution in [0.1, 0.15) is 27.2 Å². The fraction of sp³-hybridized carbons (Fsp3) is 0.421. The van der Waals surface area contributed by atoms with E-state index >= 15 is 0 Å². The molecule has 1 saturated heterocycles. The van der Waals surface area contributed by atoms with Gasteiger partial charge in [-0.25, -0.2) is 4.98 Å². The lowest BCUT2D eigenvalue weighted by Gasteiger charge is -2.19. The minimum atomic E-state index is -0.0839. The third-order valence-electron chi connectivity index (χ3n) is 4.62. The number of hydrogen-bond donors (Lipinski definition) is 1. The van der Waals surface area contributed by atoms with Gasteiger partial charge in [0.15, 0.2) is 4.11 Å². The van der Waals surface area contributed by atoms with Crippen molar-refractivity contribution in [2.45, 2.75) is 36.8 Å². The van der Waals surface area contributed by atoms with E-state index in [1.807, 2.05) is 16.4 Å². The highest BCUT2D eigenvalue weighted by Gasteiger charge is 2.29. The number of nitrogens with zero attached hydrogens (tertiary/aromatic N) is 3. The van der Waals surface area contributed by atoms with Gasteiger partial charge in [-0.15, -0.1) is 11.3 Å². The number of rotatable bonds is 4. The van der Waals surface area contributed by atoms with Crippen molar-refractivity contribution in [3.63, 3.8) is 0 Å². The molecule has 0 radical (unpaired) electrons. The minimum absolute atomic E-state index is 0.0718. The van der Waals surface area contributed by atoms with Gasteiger partial charge in [0.1, 0.15) is 5.75 Å². The number of aromatic nitrogens is 3. The van der Waals surface area contributed by atoms with Gasteiger partial charge in [0, 0.05) is 30.6 Å². The molecule has 1 fully saturated rings. The predicted molar refractivity (Wildman–Crippen MR) is 115 cm³/mol. The molecule has 2 atom stereocenters. The molecule has 2 aromatic heterocycles. The Morgan fingerprint density at radius 3 is 2.85 bits per heavy atom. The molecule has 1 amide bonds. The Hall–Kier alpha value is -1.68. The molecular formula is C19H21IN4O2S. The maximum absolute atomic E-state index is 11.5. The Morgan fingerprint density at radius 1 is 1.37 bits per heavy atom. The second-order valence-electron chi connectivity index (χ2n) is 7.76. The number of carbonyl (C=O) groups is 1. The number of nitrogens with one attached hydrogen (secondary N) is 1. The molecule has 0 unspecified atom stereocenters. The molecule has 27 heavy (non-hydrogen) atoms. The van der Waals surface area contributed by atoms with E-state index in [2.05, 4.69) is 77.1 Å². The number of halogens is 1. The summed E-state index contributed by atoms with van der Waals surface area (Å²) >= 11 is 3.85. The first-order chi connectivity index (χ1) is 12.8. The Kier molecular flexibility index (Phi) is 4.87. The summed E-state index contributed by atoms with van der Waals surface area (Å²) in [4.78, 5) is 16.0. The van der Waals surface area contributed by atoms with Gasteiger partial charge in [-0.1, -0.05) is 0 Å². The van der Waals surface area contributed by atoms with E-state index in [1.54, 1.807) is 11.3 Å². The van der Waals surface area contributed by atoms with E-state index in [0.29, 0.717) is 13.0 Å². The van der Waals surface area contributed by atoms with Crippen LogP contribution in [0.2, 0.25) is 0 Å². The van der Waals surface area contributed by atoms with Crippen molar-refractivity contribution >= 4 is 50.1 Å².